The monoisotopic (exact) mass is 267 g/mol. The molecule has 1 aliphatic heterocycles. The molecular formula is C12H21N5O2. The zero-order valence-electron chi connectivity index (χ0n) is 11.3. The van der Waals surface area contributed by atoms with E-state index in [0.29, 0.717) is 6.54 Å². The summed E-state index contributed by atoms with van der Waals surface area (Å²) in [6, 6.07) is -0.314. The number of carbonyl (C=O) groups is 1. The van der Waals surface area contributed by atoms with Gasteiger partial charge in [0.2, 0.25) is 5.91 Å². The molecule has 0 bridgehead atoms. The Labute approximate surface area is 112 Å². The SMILES string of the molecule is CC(C(=O)NCCCN1CCOCC1)n1cncn1. The summed E-state index contributed by atoms with van der Waals surface area (Å²) in [5.41, 5.74) is 0. The molecule has 0 aliphatic carbocycles. The van der Waals surface area contributed by atoms with Crippen molar-refractivity contribution in [3.63, 3.8) is 0 Å². The number of amides is 1. The summed E-state index contributed by atoms with van der Waals surface area (Å²) >= 11 is 0. The van der Waals surface area contributed by atoms with Gasteiger partial charge in [-0.15, -0.1) is 0 Å². The van der Waals surface area contributed by atoms with Gasteiger partial charge in [-0.1, -0.05) is 0 Å². The van der Waals surface area contributed by atoms with E-state index < -0.39 is 0 Å². The average Bonchev–Trinajstić information content (AvgIpc) is 2.98. The lowest BCUT2D eigenvalue weighted by Crippen LogP contribution is -2.38. The third-order valence-electron chi connectivity index (χ3n) is 3.27. The van der Waals surface area contributed by atoms with E-state index in [2.05, 4.69) is 20.3 Å². The van der Waals surface area contributed by atoms with Gasteiger partial charge in [-0.25, -0.2) is 9.67 Å². The lowest BCUT2D eigenvalue weighted by molar-refractivity contribution is -0.124. The molecule has 1 amide bonds. The Morgan fingerprint density at radius 3 is 2.95 bits per heavy atom. The first-order chi connectivity index (χ1) is 9.27. The number of aromatic nitrogens is 3. The Bertz CT molecular complexity index is 375. The Balaban J connectivity index is 1.61. The predicted molar refractivity (Wildman–Crippen MR) is 69.6 cm³/mol. The maximum absolute atomic E-state index is 11.9. The normalized spacial score (nSPS) is 18.2. The standard InChI is InChI=1S/C12H21N5O2/c1-11(17-10-13-9-15-17)12(18)14-3-2-4-16-5-7-19-8-6-16/h9-11H,2-8H2,1H3,(H,14,18). The van der Waals surface area contributed by atoms with Crippen molar-refractivity contribution in [3.05, 3.63) is 12.7 Å². The molecule has 7 nitrogen and oxygen atoms in total. The fourth-order valence-electron chi connectivity index (χ4n) is 2.02. The number of nitrogens with one attached hydrogen (secondary N) is 1. The van der Waals surface area contributed by atoms with Crippen molar-refractivity contribution in [1.29, 1.82) is 0 Å². The molecule has 2 heterocycles. The zero-order chi connectivity index (χ0) is 13.5. The van der Waals surface area contributed by atoms with Gasteiger partial charge in [0.05, 0.1) is 13.2 Å². The Kier molecular flexibility index (Phi) is 5.29. The summed E-state index contributed by atoms with van der Waals surface area (Å²) < 4.78 is 6.84. The molecule has 1 aromatic heterocycles. The molecule has 2 rings (SSSR count). The molecule has 1 unspecified atom stereocenters. The number of morpholine rings is 1. The van der Waals surface area contributed by atoms with Gasteiger partial charge < -0.3 is 10.1 Å². The first-order valence-electron chi connectivity index (χ1n) is 6.69. The van der Waals surface area contributed by atoms with Crippen molar-refractivity contribution < 1.29 is 9.53 Å². The first kappa shape index (κ1) is 14.0. The van der Waals surface area contributed by atoms with Gasteiger partial charge in [-0.2, -0.15) is 5.10 Å². The van der Waals surface area contributed by atoms with Crippen LogP contribution in [0.4, 0.5) is 0 Å². The second kappa shape index (κ2) is 7.20. The molecule has 0 aromatic carbocycles. The van der Waals surface area contributed by atoms with E-state index in [4.69, 9.17) is 4.74 Å². The van der Waals surface area contributed by atoms with Crippen LogP contribution in [0.1, 0.15) is 19.4 Å². The maximum atomic E-state index is 11.9. The highest BCUT2D eigenvalue weighted by Crippen LogP contribution is 2.02. The van der Waals surface area contributed by atoms with Crippen molar-refractivity contribution in [2.45, 2.75) is 19.4 Å². The molecule has 106 valence electrons. The minimum atomic E-state index is -0.314. The van der Waals surface area contributed by atoms with Gasteiger partial charge in [0.15, 0.2) is 0 Å². The van der Waals surface area contributed by atoms with Gasteiger partial charge in [-0.3, -0.25) is 9.69 Å². The molecule has 7 heteroatoms. The highest BCUT2D eigenvalue weighted by Gasteiger charge is 2.15. The lowest BCUT2D eigenvalue weighted by Gasteiger charge is -2.26. The van der Waals surface area contributed by atoms with Crippen LogP contribution in [0.25, 0.3) is 0 Å². The summed E-state index contributed by atoms with van der Waals surface area (Å²) in [5.74, 6) is -0.0209. The third kappa shape index (κ3) is 4.29. The van der Waals surface area contributed by atoms with Crippen molar-refractivity contribution in [1.82, 2.24) is 25.0 Å². The van der Waals surface area contributed by atoms with E-state index in [-0.39, 0.29) is 11.9 Å². The summed E-state index contributed by atoms with van der Waals surface area (Å²) in [4.78, 5) is 18.1. The van der Waals surface area contributed by atoms with E-state index in [1.165, 1.54) is 6.33 Å². The van der Waals surface area contributed by atoms with E-state index in [1.54, 1.807) is 11.0 Å². The van der Waals surface area contributed by atoms with E-state index in [1.807, 2.05) is 6.92 Å². The fourth-order valence-corrected chi connectivity index (χ4v) is 2.02. The van der Waals surface area contributed by atoms with E-state index in [9.17, 15) is 4.79 Å². The van der Waals surface area contributed by atoms with Gasteiger partial charge in [0, 0.05) is 19.6 Å². The number of hydrogen-bond acceptors (Lipinski definition) is 5. The van der Waals surface area contributed by atoms with Gasteiger partial charge >= 0.3 is 0 Å². The van der Waals surface area contributed by atoms with Crippen molar-refractivity contribution in [2.75, 3.05) is 39.4 Å². The molecule has 19 heavy (non-hydrogen) atoms. The summed E-state index contributed by atoms with van der Waals surface area (Å²) in [5, 5.41) is 6.89. The van der Waals surface area contributed by atoms with Crippen LogP contribution < -0.4 is 5.32 Å². The Morgan fingerprint density at radius 2 is 2.26 bits per heavy atom. The van der Waals surface area contributed by atoms with Crippen LogP contribution in [0.3, 0.4) is 0 Å². The molecule has 1 saturated heterocycles. The minimum absolute atomic E-state index is 0.0209. The van der Waals surface area contributed by atoms with Gasteiger partial charge in [0.25, 0.3) is 0 Å². The Morgan fingerprint density at radius 1 is 1.47 bits per heavy atom. The van der Waals surface area contributed by atoms with Crippen molar-refractivity contribution in [3.8, 4) is 0 Å². The molecule has 1 atom stereocenters. The molecule has 1 aliphatic rings. The third-order valence-corrected chi connectivity index (χ3v) is 3.27. The van der Waals surface area contributed by atoms with Crippen molar-refractivity contribution in [2.24, 2.45) is 0 Å². The quantitative estimate of drug-likeness (QED) is 0.715. The minimum Gasteiger partial charge on any atom is -0.379 e. The Hall–Kier alpha value is -1.47. The maximum Gasteiger partial charge on any atom is 0.244 e. The molecule has 1 N–H and O–H groups in total. The van der Waals surface area contributed by atoms with Gasteiger partial charge in [-0.05, 0) is 19.9 Å². The number of ether oxygens (including phenoxy) is 1. The second-order valence-corrected chi connectivity index (χ2v) is 4.65. The summed E-state index contributed by atoms with van der Waals surface area (Å²) in [7, 11) is 0. The first-order valence-corrected chi connectivity index (χ1v) is 6.69. The van der Waals surface area contributed by atoms with Crippen LogP contribution in [0.15, 0.2) is 12.7 Å². The smallest absolute Gasteiger partial charge is 0.244 e. The number of carbonyl (C=O) groups excluding carboxylic acids is 1. The molecule has 0 saturated carbocycles. The second-order valence-electron chi connectivity index (χ2n) is 4.65. The van der Waals surface area contributed by atoms with E-state index >= 15 is 0 Å². The highest BCUT2D eigenvalue weighted by molar-refractivity contribution is 5.79. The fraction of sp³-hybridized carbons (Fsp3) is 0.750. The van der Waals surface area contributed by atoms with Crippen LogP contribution in [0.5, 0.6) is 0 Å². The van der Waals surface area contributed by atoms with Crippen LogP contribution in [0, 0.1) is 0 Å². The lowest BCUT2D eigenvalue weighted by atomic mass is 10.3. The van der Waals surface area contributed by atoms with Crippen molar-refractivity contribution >= 4 is 5.91 Å². The molecule has 0 radical (unpaired) electrons. The largest absolute Gasteiger partial charge is 0.379 e. The highest BCUT2D eigenvalue weighted by atomic mass is 16.5. The summed E-state index contributed by atoms with van der Waals surface area (Å²) in [6.45, 7) is 7.11. The molecule has 0 spiro atoms. The summed E-state index contributed by atoms with van der Waals surface area (Å²) in [6.07, 6.45) is 3.94. The zero-order valence-corrected chi connectivity index (χ0v) is 11.3. The number of hydrogen-bond donors (Lipinski definition) is 1. The van der Waals surface area contributed by atoms with Crippen LogP contribution in [-0.4, -0.2) is 65.0 Å². The number of rotatable bonds is 6. The van der Waals surface area contributed by atoms with Crippen LogP contribution >= 0.6 is 0 Å². The number of nitrogens with zero attached hydrogens (tertiary/aromatic N) is 4. The molecule has 1 fully saturated rings. The van der Waals surface area contributed by atoms with E-state index in [0.717, 1.165) is 39.3 Å². The molecule has 1 aromatic rings. The van der Waals surface area contributed by atoms with Crippen LogP contribution in [-0.2, 0) is 9.53 Å². The van der Waals surface area contributed by atoms with Gasteiger partial charge in [0.1, 0.15) is 18.7 Å². The predicted octanol–water partition coefficient (Wildman–Crippen LogP) is -0.322. The average molecular weight is 267 g/mol. The molecular weight excluding hydrogens is 246 g/mol. The topological polar surface area (TPSA) is 72.3 Å². The van der Waals surface area contributed by atoms with Crippen LogP contribution in [0.2, 0.25) is 0 Å².